The van der Waals surface area contributed by atoms with Gasteiger partial charge in [0.2, 0.25) is 0 Å². The van der Waals surface area contributed by atoms with Gasteiger partial charge in [-0.05, 0) is 115 Å². The predicted octanol–water partition coefficient (Wildman–Crippen LogP) is 7.27. The van der Waals surface area contributed by atoms with Gasteiger partial charge in [0, 0.05) is 35.4 Å². The van der Waals surface area contributed by atoms with Gasteiger partial charge < -0.3 is 20.3 Å². The van der Waals surface area contributed by atoms with Gasteiger partial charge in [0.25, 0.3) is 12.4 Å². The Balaban J connectivity index is 0.00000128. The molecule has 1 amide bonds. The summed E-state index contributed by atoms with van der Waals surface area (Å²) >= 11 is 13.0. The van der Waals surface area contributed by atoms with Crippen LogP contribution < -0.4 is 10.1 Å². The summed E-state index contributed by atoms with van der Waals surface area (Å²) in [4.78, 5) is 23.1. The van der Waals surface area contributed by atoms with Crippen molar-refractivity contribution in [1.29, 1.82) is 0 Å². The maximum Gasteiger partial charge on any atom is 0.290 e. The van der Waals surface area contributed by atoms with Crippen LogP contribution in [0.1, 0.15) is 60.8 Å². The maximum atomic E-state index is 12.6. The highest BCUT2D eigenvalue weighted by molar-refractivity contribution is 6.36. The largest absolute Gasteiger partial charge is 0.489 e. The molecular weight excluding hydrogens is 618 g/mol. The third-order valence-corrected chi connectivity index (χ3v) is 9.04. The maximum absolute atomic E-state index is 12.6. The normalized spacial score (nSPS) is 18.7. The number of allylic oxidation sites excluding steroid dienone is 1. The third kappa shape index (κ3) is 8.05. The van der Waals surface area contributed by atoms with Gasteiger partial charge >= 0.3 is 0 Å². The van der Waals surface area contributed by atoms with Crippen LogP contribution in [0.3, 0.4) is 0 Å². The lowest BCUT2D eigenvalue weighted by molar-refractivity contribution is -0.126. The van der Waals surface area contributed by atoms with E-state index < -0.39 is 5.60 Å². The molecule has 6 rings (SSSR count). The smallest absolute Gasteiger partial charge is 0.290 e. The molecule has 1 atom stereocenters. The molecule has 1 saturated heterocycles. The molecule has 1 saturated carbocycles. The van der Waals surface area contributed by atoms with Crippen LogP contribution in [-0.2, 0) is 16.0 Å². The number of hydrogen-bond acceptors (Lipinski definition) is 5. The topological polar surface area (TPSA) is 99.1 Å². The number of rotatable bonds is 9. The Hall–Kier alpha value is -3.43. The molecular formula is C35H37Cl2FN2O5. The first-order valence-electron chi connectivity index (χ1n) is 15.2. The summed E-state index contributed by atoms with van der Waals surface area (Å²) in [5.41, 5.74) is 5.92. The zero-order valence-corrected chi connectivity index (χ0v) is 26.4. The number of amides is 1. The van der Waals surface area contributed by atoms with Crippen LogP contribution in [0.25, 0.3) is 11.1 Å². The van der Waals surface area contributed by atoms with Gasteiger partial charge in [0.15, 0.2) is 0 Å². The van der Waals surface area contributed by atoms with Crippen molar-refractivity contribution in [2.45, 2.75) is 56.7 Å². The summed E-state index contributed by atoms with van der Waals surface area (Å²) in [5, 5.41) is 21.2. The standard InChI is InChI=1S/C34H35Cl2FN2O3.CH2O2/c35-24-7-11-29(31(36)20-24)30-4-1-3-23-19-25(38-33(40)34(41)14-15-34)8-12-28(23)32(30)22-5-9-26(10-6-22)42-27-13-18-39(21-27)17-2-16-37;2-1-3/h5-12,19-20,27,41H,1-4,13-18,21H2,(H,38,40);1H,(H,2,3)/t27-;/m0./s1. The number of nitrogens with zero attached hydrogens (tertiary/aromatic N) is 1. The van der Waals surface area contributed by atoms with E-state index in [9.17, 15) is 14.3 Å². The minimum atomic E-state index is -1.23. The number of alkyl halides is 1. The van der Waals surface area contributed by atoms with Gasteiger partial charge in [-0.25, -0.2) is 0 Å². The first-order valence-corrected chi connectivity index (χ1v) is 16.0. The van der Waals surface area contributed by atoms with E-state index in [4.69, 9.17) is 37.8 Å². The van der Waals surface area contributed by atoms with Gasteiger partial charge in [0.1, 0.15) is 17.5 Å². The molecule has 0 radical (unpaired) electrons. The summed E-state index contributed by atoms with van der Waals surface area (Å²) < 4.78 is 18.9. The minimum absolute atomic E-state index is 0.0963. The molecule has 3 aromatic carbocycles. The summed E-state index contributed by atoms with van der Waals surface area (Å²) in [7, 11) is 0. The molecule has 0 unspecified atom stereocenters. The number of aryl methyl sites for hydroxylation is 1. The van der Waals surface area contributed by atoms with E-state index in [1.54, 1.807) is 6.07 Å². The number of benzene rings is 3. The van der Waals surface area contributed by atoms with Gasteiger partial charge in [0.05, 0.1) is 6.67 Å². The molecule has 7 nitrogen and oxygen atoms in total. The van der Waals surface area contributed by atoms with E-state index >= 15 is 0 Å². The van der Waals surface area contributed by atoms with Crippen molar-refractivity contribution in [2.75, 3.05) is 31.6 Å². The lowest BCUT2D eigenvalue weighted by Gasteiger charge is -2.19. The molecule has 0 aromatic heterocycles. The number of fused-ring (bicyclic) bond motifs is 1. The molecule has 10 heteroatoms. The molecule has 3 N–H and O–H groups in total. The number of nitrogens with one attached hydrogen (secondary N) is 1. The molecule has 3 aliphatic rings. The van der Waals surface area contributed by atoms with Crippen LogP contribution in [0, 0.1) is 0 Å². The van der Waals surface area contributed by atoms with Crippen molar-refractivity contribution in [3.05, 3.63) is 93.0 Å². The number of ether oxygens (including phenoxy) is 1. The van der Waals surface area contributed by atoms with E-state index in [1.807, 2.05) is 36.4 Å². The van der Waals surface area contributed by atoms with E-state index in [1.165, 1.54) is 0 Å². The first kappa shape index (κ1) is 32.9. The monoisotopic (exact) mass is 654 g/mol. The van der Waals surface area contributed by atoms with Crippen molar-refractivity contribution in [2.24, 2.45) is 0 Å². The Bertz CT molecular complexity index is 1560. The summed E-state index contributed by atoms with van der Waals surface area (Å²) in [5.74, 6) is 0.469. The number of carbonyl (C=O) groups is 2. The number of halogens is 3. The predicted molar refractivity (Wildman–Crippen MR) is 176 cm³/mol. The molecule has 2 fully saturated rings. The van der Waals surface area contributed by atoms with Crippen LogP contribution in [-0.4, -0.2) is 65.5 Å². The van der Waals surface area contributed by atoms with Crippen LogP contribution in [0.4, 0.5) is 10.1 Å². The van der Waals surface area contributed by atoms with Gasteiger partial charge in [-0.3, -0.25) is 18.9 Å². The van der Waals surface area contributed by atoms with Crippen molar-refractivity contribution >= 4 is 52.4 Å². The molecule has 1 heterocycles. The quantitative estimate of drug-likeness (QED) is 0.210. The first-order chi connectivity index (χ1) is 21.7. The Morgan fingerprint density at radius 2 is 1.80 bits per heavy atom. The van der Waals surface area contributed by atoms with E-state index in [-0.39, 0.29) is 25.2 Å². The Morgan fingerprint density at radius 3 is 2.49 bits per heavy atom. The highest BCUT2D eigenvalue weighted by Gasteiger charge is 2.48. The zero-order valence-electron chi connectivity index (χ0n) is 24.9. The molecule has 3 aromatic rings. The molecule has 0 bridgehead atoms. The number of carbonyl (C=O) groups excluding carboxylic acids is 1. The summed E-state index contributed by atoms with van der Waals surface area (Å²) in [6.45, 7) is 1.98. The number of hydrogen-bond donors (Lipinski definition) is 3. The average Bonchev–Trinajstić information content (AvgIpc) is 3.68. The van der Waals surface area contributed by atoms with Gasteiger partial charge in [-0.1, -0.05) is 47.5 Å². The molecule has 238 valence electrons. The van der Waals surface area contributed by atoms with Crippen LogP contribution in [0.15, 0.2) is 60.7 Å². The van der Waals surface area contributed by atoms with Gasteiger partial charge in [-0.2, -0.15) is 0 Å². The molecule has 45 heavy (non-hydrogen) atoms. The second-order valence-electron chi connectivity index (χ2n) is 11.7. The fourth-order valence-electron chi connectivity index (χ4n) is 6.06. The Morgan fingerprint density at radius 1 is 1.07 bits per heavy atom. The van der Waals surface area contributed by atoms with E-state index in [2.05, 4.69) is 28.4 Å². The van der Waals surface area contributed by atoms with Crippen molar-refractivity contribution in [3.8, 4) is 5.75 Å². The van der Waals surface area contributed by atoms with E-state index in [0.29, 0.717) is 35.0 Å². The second kappa shape index (κ2) is 14.8. The van der Waals surface area contributed by atoms with E-state index in [0.717, 1.165) is 84.5 Å². The highest BCUT2D eigenvalue weighted by Crippen LogP contribution is 2.43. The van der Waals surface area contributed by atoms with Crippen molar-refractivity contribution in [1.82, 2.24) is 4.90 Å². The number of likely N-dealkylation sites (tertiary alicyclic amines) is 1. The fraction of sp³-hybridized carbons (Fsp3) is 0.371. The Labute approximate surface area is 272 Å². The van der Waals surface area contributed by atoms with Crippen molar-refractivity contribution in [3.63, 3.8) is 0 Å². The summed E-state index contributed by atoms with van der Waals surface area (Å²) in [6.07, 6.45) is 5.16. The number of anilines is 1. The average molecular weight is 656 g/mol. The SMILES string of the molecule is O=C(Nc1ccc2c(c1)CCCC(c1ccc(Cl)cc1Cl)=C2c1ccc(O[C@H]2CCN(CCCF)C2)cc1)C1(O)CC1.O=CO. The highest BCUT2D eigenvalue weighted by atomic mass is 35.5. The lowest BCUT2D eigenvalue weighted by Crippen LogP contribution is -2.29. The lowest BCUT2D eigenvalue weighted by atomic mass is 9.87. The zero-order chi connectivity index (χ0) is 32.0. The molecule has 1 aliphatic heterocycles. The van der Waals surface area contributed by atoms with Crippen LogP contribution >= 0.6 is 23.2 Å². The van der Waals surface area contributed by atoms with Gasteiger partial charge in [-0.15, -0.1) is 0 Å². The molecule has 2 aliphatic carbocycles. The van der Waals surface area contributed by atoms with Crippen molar-refractivity contribution < 1.29 is 28.9 Å². The summed E-state index contributed by atoms with van der Waals surface area (Å²) in [6, 6.07) is 19.9. The number of aliphatic hydroxyl groups is 1. The Kier molecular flexibility index (Phi) is 10.8. The second-order valence-corrected chi connectivity index (χ2v) is 12.5. The fourth-order valence-corrected chi connectivity index (χ4v) is 6.59. The molecule has 0 spiro atoms. The number of carboxylic acid groups (broad SMARTS) is 1. The van der Waals surface area contributed by atoms with Crippen LogP contribution in [0.5, 0.6) is 5.75 Å². The minimum Gasteiger partial charge on any atom is -0.489 e. The van der Waals surface area contributed by atoms with Crippen LogP contribution in [0.2, 0.25) is 10.0 Å². The third-order valence-electron chi connectivity index (χ3n) is 8.49.